The smallest absolute Gasteiger partial charge is 0.249 e. The van der Waals surface area contributed by atoms with Crippen molar-refractivity contribution in [3.8, 4) is 0 Å². The molecular formula is C11H10BrN3OS. The molecule has 4 nitrogen and oxygen atoms in total. The van der Waals surface area contributed by atoms with Crippen molar-refractivity contribution >= 4 is 45.1 Å². The molecule has 0 saturated carbocycles. The highest BCUT2D eigenvalue weighted by Crippen LogP contribution is 2.22. The van der Waals surface area contributed by atoms with Gasteiger partial charge >= 0.3 is 0 Å². The second-order valence-electron chi connectivity index (χ2n) is 3.34. The summed E-state index contributed by atoms with van der Waals surface area (Å²) in [5.74, 6) is 0.364. The highest BCUT2D eigenvalue weighted by Gasteiger charge is 2.00. The normalized spacial score (nSPS) is 10.9. The van der Waals surface area contributed by atoms with Crippen molar-refractivity contribution < 1.29 is 4.79 Å². The number of nitrogens with one attached hydrogen (secondary N) is 1. The van der Waals surface area contributed by atoms with Crippen LogP contribution < -0.4 is 5.32 Å². The molecule has 0 aliphatic carbocycles. The molecule has 0 saturated heterocycles. The number of carbonyl (C=O) groups is 1. The van der Waals surface area contributed by atoms with Gasteiger partial charge in [-0.1, -0.05) is 0 Å². The Labute approximate surface area is 111 Å². The van der Waals surface area contributed by atoms with E-state index in [1.165, 1.54) is 6.08 Å². The van der Waals surface area contributed by atoms with Crippen LogP contribution in [0.3, 0.4) is 0 Å². The van der Waals surface area contributed by atoms with Crippen LogP contribution in [0.2, 0.25) is 0 Å². The van der Waals surface area contributed by atoms with Gasteiger partial charge in [0.1, 0.15) is 0 Å². The van der Waals surface area contributed by atoms with Crippen molar-refractivity contribution in [2.24, 2.45) is 7.05 Å². The molecule has 6 heteroatoms. The first kappa shape index (κ1) is 12.1. The minimum Gasteiger partial charge on any atom is -0.306 e. The standard InChI is InChI=1S/C11H10BrN3OS/c1-15-7-6-10(14-15)13-11(16)5-3-8-2-4-9(12)17-8/h2-7H,1H3,(H,13,14,16)/b5-3+. The molecule has 0 fully saturated rings. The Hall–Kier alpha value is -1.40. The minimum absolute atomic E-state index is 0.187. The first-order chi connectivity index (χ1) is 8.13. The van der Waals surface area contributed by atoms with Crippen molar-refractivity contribution in [3.05, 3.63) is 39.1 Å². The average Bonchev–Trinajstić information content (AvgIpc) is 2.85. The Morgan fingerprint density at radius 3 is 2.94 bits per heavy atom. The third-order valence-electron chi connectivity index (χ3n) is 1.96. The van der Waals surface area contributed by atoms with E-state index in [1.54, 1.807) is 41.4 Å². The molecule has 0 aromatic carbocycles. The fraction of sp³-hybridized carbons (Fsp3) is 0.0909. The largest absolute Gasteiger partial charge is 0.306 e. The van der Waals surface area contributed by atoms with Crippen LogP contribution >= 0.6 is 27.3 Å². The molecule has 0 radical (unpaired) electrons. The van der Waals surface area contributed by atoms with E-state index in [0.29, 0.717) is 5.82 Å². The predicted octanol–water partition coefficient (Wildman–Crippen LogP) is 2.90. The first-order valence-electron chi connectivity index (χ1n) is 4.87. The number of rotatable bonds is 3. The molecule has 0 bridgehead atoms. The number of amides is 1. The fourth-order valence-corrected chi connectivity index (χ4v) is 2.55. The van der Waals surface area contributed by atoms with Crippen LogP contribution in [0.15, 0.2) is 34.3 Å². The Bertz CT molecular complexity index is 559. The van der Waals surface area contributed by atoms with Gasteiger partial charge in [0.15, 0.2) is 5.82 Å². The van der Waals surface area contributed by atoms with Gasteiger partial charge in [0.25, 0.3) is 0 Å². The number of carbonyl (C=O) groups excluding carboxylic acids is 1. The summed E-state index contributed by atoms with van der Waals surface area (Å²) in [6.07, 6.45) is 5.04. The number of thiophene rings is 1. The number of anilines is 1. The summed E-state index contributed by atoms with van der Waals surface area (Å²) in [5, 5.41) is 6.73. The molecule has 0 aliphatic heterocycles. The lowest BCUT2D eigenvalue weighted by molar-refractivity contribution is -0.111. The molecule has 0 atom stereocenters. The summed E-state index contributed by atoms with van der Waals surface area (Å²) in [6, 6.07) is 5.63. The molecule has 0 unspecified atom stereocenters. The Morgan fingerprint density at radius 2 is 2.35 bits per heavy atom. The first-order valence-corrected chi connectivity index (χ1v) is 6.48. The third-order valence-corrected chi connectivity index (χ3v) is 3.55. The topological polar surface area (TPSA) is 46.9 Å². The molecule has 2 heterocycles. The highest BCUT2D eigenvalue weighted by atomic mass is 79.9. The zero-order valence-corrected chi connectivity index (χ0v) is 11.5. The monoisotopic (exact) mass is 311 g/mol. The quantitative estimate of drug-likeness (QED) is 0.886. The number of halogens is 1. The Morgan fingerprint density at radius 1 is 1.53 bits per heavy atom. The van der Waals surface area contributed by atoms with Gasteiger partial charge in [-0.3, -0.25) is 9.48 Å². The van der Waals surface area contributed by atoms with Crippen molar-refractivity contribution in [1.82, 2.24) is 9.78 Å². The van der Waals surface area contributed by atoms with Gasteiger partial charge in [-0.05, 0) is 34.1 Å². The van der Waals surface area contributed by atoms with Gasteiger partial charge in [0.05, 0.1) is 3.79 Å². The highest BCUT2D eigenvalue weighted by molar-refractivity contribution is 9.11. The van der Waals surface area contributed by atoms with Crippen molar-refractivity contribution in [3.63, 3.8) is 0 Å². The lowest BCUT2D eigenvalue weighted by Crippen LogP contribution is -2.08. The lowest BCUT2D eigenvalue weighted by atomic mass is 10.4. The molecule has 2 rings (SSSR count). The summed E-state index contributed by atoms with van der Waals surface area (Å²) in [6.45, 7) is 0. The molecule has 0 spiro atoms. The third kappa shape index (κ3) is 3.54. The average molecular weight is 312 g/mol. The van der Waals surface area contributed by atoms with Crippen LogP contribution in [0, 0.1) is 0 Å². The number of hydrogen-bond acceptors (Lipinski definition) is 3. The molecule has 1 N–H and O–H groups in total. The lowest BCUT2D eigenvalue weighted by Gasteiger charge is -1.95. The maximum Gasteiger partial charge on any atom is 0.249 e. The molecule has 2 aromatic rings. The minimum atomic E-state index is -0.187. The van der Waals surface area contributed by atoms with Gasteiger partial charge in [-0.2, -0.15) is 5.10 Å². The van der Waals surface area contributed by atoms with Crippen LogP contribution in [0.1, 0.15) is 4.88 Å². The second kappa shape index (κ2) is 5.29. The van der Waals surface area contributed by atoms with Crippen LogP contribution in [-0.4, -0.2) is 15.7 Å². The van der Waals surface area contributed by atoms with Crippen molar-refractivity contribution in [1.29, 1.82) is 0 Å². The van der Waals surface area contributed by atoms with Gasteiger partial charge in [0.2, 0.25) is 5.91 Å². The summed E-state index contributed by atoms with van der Waals surface area (Å²) in [5.41, 5.74) is 0. The summed E-state index contributed by atoms with van der Waals surface area (Å²) < 4.78 is 2.68. The fourth-order valence-electron chi connectivity index (χ4n) is 1.23. The van der Waals surface area contributed by atoms with Gasteiger partial charge in [-0.15, -0.1) is 11.3 Å². The molecule has 88 valence electrons. The van der Waals surface area contributed by atoms with Crippen LogP contribution in [0.25, 0.3) is 6.08 Å². The zero-order chi connectivity index (χ0) is 12.3. The van der Waals surface area contributed by atoms with E-state index >= 15 is 0 Å². The number of hydrogen-bond donors (Lipinski definition) is 1. The molecular weight excluding hydrogens is 302 g/mol. The van der Waals surface area contributed by atoms with Gasteiger partial charge in [0, 0.05) is 30.3 Å². The van der Waals surface area contributed by atoms with E-state index in [0.717, 1.165) is 8.66 Å². The van der Waals surface area contributed by atoms with Gasteiger partial charge < -0.3 is 5.32 Å². The van der Waals surface area contributed by atoms with Crippen LogP contribution in [-0.2, 0) is 11.8 Å². The van der Waals surface area contributed by atoms with Crippen molar-refractivity contribution in [2.45, 2.75) is 0 Å². The number of nitrogens with zero attached hydrogens (tertiary/aromatic N) is 2. The summed E-state index contributed by atoms with van der Waals surface area (Å²) in [7, 11) is 1.80. The molecule has 2 aromatic heterocycles. The summed E-state index contributed by atoms with van der Waals surface area (Å²) >= 11 is 4.94. The number of aromatic nitrogens is 2. The maximum absolute atomic E-state index is 11.5. The van der Waals surface area contributed by atoms with E-state index in [1.807, 2.05) is 12.1 Å². The van der Waals surface area contributed by atoms with E-state index in [2.05, 4.69) is 26.3 Å². The molecule has 1 amide bonds. The molecule has 17 heavy (non-hydrogen) atoms. The second-order valence-corrected chi connectivity index (χ2v) is 5.83. The SMILES string of the molecule is Cn1ccc(NC(=O)/C=C/c2ccc(Br)s2)n1. The zero-order valence-electron chi connectivity index (χ0n) is 9.05. The van der Waals surface area contributed by atoms with E-state index in [4.69, 9.17) is 0 Å². The predicted molar refractivity (Wildman–Crippen MR) is 72.9 cm³/mol. The van der Waals surface area contributed by atoms with Crippen molar-refractivity contribution in [2.75, 3.05) is 5.32 Å². The van der Waals surface area contributed by atoms with E-state index in [-0.39, 0.29) is 5.91 Å². The Balaban J connectivity index is 1.95. The molecule has 0 aliphatic rings. The summed E-state index contributed by atoms with van der Waals surface area (Å²) in [4.78, 5) is 12.6. The van der Waals surface area contributed by atoms with Crippen LogP contribution in [0.4, 0.5) is 5.82 Å². The van der Waals surface area contributed by atoms with Gasteiger partial charge in [-0.25, -0.2) is 0 Å². The van der Waals surface area contributed by atoms with E-state index < -0.39 is 0 Å². The number of aryl methyl sites for hydroxylation is 1. The van der Waals surface area contributed by atoms with Crippen LogP contribution in [0.5, 0.6) is 0 Å². The Kier molecular flexibility index (Phi) is 3.75. The van der Waals surface area contributed by atoms with E-state index in [9.17, 15) is 4.79 Å². The maximum atomic E-state index is 11.5.